The van der Waals surface area contributed by atoms with E-state index in [1.165, 1.54) is 10.8 Å². The Balaban J connectivity index is 0.00000253. The van der Waals surface area contributed by atoms with Gasteiger partial charge in [0.1, 0.15) is 0 Å². The summed E-state index contributed by atoms with van der Waals surface area (Å²) in [6.45, 7) is 0. The van der Waals surface area contributed by atoms with Crippen LogP contribution in [0, 0.1) is 29.7 Å². The van der Waals surface area contributed by atoms with Crippen LogP contribution in [0.25, 0.3) is 32.3 Å². The molecule has 0 bridgehead atoms. The van der Waals surface area contributed by atoms with E-state index in [2.05, 4.69) is 72.2 Å². The van der Waals surface area contributed by atoms with E-state index >= 15 is 0 Å². The van der Waals surface area contributed by atoms with Crippen LogP contribution in [0.1, 0.15) is 22.3 Å². The van der Waals surface area contributed by atoms with E-state index in [4.69, 9.17) is 0 Å². The maximum atomic E-state index is 3.49. The van der Waals surface area contributed by atoms with Crippen LogP contribution in [-0.2, 0) is 19.5 Å². The molecule has 6 rings (SSSR count). The Labute approximate surface area is 218 Å². The molecule has 35 heavy (non-hydrogen) atoms. The Kier molecular flexibility index (Phi) is 6.46. The molecule has 165 valence electrons. The minimum absolute atomic E-state index is 0. The van der Waals surface area contributed by atoms with E-state index in [-0.39, 0.29) is 19.5 Å². The number of benzene rings is 6. The third-order valence-corrected chi connectivity index (χ3v) is 6.01. The third-order valence-electron chi connectivity index (χ3n) is 6.01. The van der Waals surface area contributed by atoms with Gasteiger partial charge in [0.15, 0.2) is 0 Å². The Morgan fingerprint density at radius 3 is 1.57 bits per heavy atom. The molecule has 0 spiro atoms. The SMILES string of the molecule is C(#Cc1c2[c-]cccc2c(C#Cc2ccccc2)c2cc3ccccc3cc12)c1ccccc1.[Rh]. The second-order valence-corrected chi connectivity index (χ2v) is 8.19. The Morgan fingerprint density at radius 1 is 0.457 bits per heavy atom. The summed E-state index contributed by atoms with van der Waals surface area (Å²) in [6.07, 6.45) is 0. The van der Waals surface area contributed by atoms with Gasteiger partial charge in [0.05, 0.1) is 0 Å². The van der Waals surface area contributed by atoms with E-state index < -0.39 is 0 Å². The maximum Gasteiger partial charge on any atom is 0.0248 e. The molecule has 0 fully saturated rings. The quantitative estimate of drug-likeness (QED) is 0.0816. The fraction of sp³-hybridized carbons (Fsp3) is 0. The van der Waals surface area contributed by atoms with Crippen molar-refractivity contribution in [2.45, 2.75) is 0 Å². The van der Waals surface area contributed by atoms with Crippen molar-refractivity contribution in [1.82, 2.24) is 0 Å². The van der Waals surface area contributed by atoms with Gasteiger partial charge in [-0.3, -0.25) is 0 Å². The average Bonchev–Trinajstić information content (AvgIpc) is 2.91. The molecule has 0 aliphatic rings. The summed E-state index contributed by atoms with van der Waals surface area (Å²) in [7, 11) is 0. The van der Waals surface area contributed by atoms with Gasteiger partial charge in [0.2, 0.25) is 0 Å². The van der Waals surface area contributed by atoms with Gasteiger partial charge < -0.3 is 0 Å². The summed E-state index contributed by atoms with van der Waals surface area (Å²) in [5.41, 5.74) is 4.00. The first-order chi connectivity index (χ1) is 16.9. The number of hydrogen-bond acceptors (Lipinski definition) is 0. The summed E-state index contributed by atoms with van der Waals surface area (Å²) in [5, 5.41) is 6.69. The van der Waals surface area contributed by atoms with Crippen molar-refractivity contribution >= 4 is 32.3 Å². The Hall–Kier alpha value is -4.16. The normalized spacial score (nSPS) is 10.2. The largest absolute Gasteiger partial charge is 0.147 e. The summed E-state index contributed by atoms with van der Waals surface area (Å²) in [5.74, 6) is 13.7. The molecule has 1 heteroatoms. The topological polar surface area (TPSA) is 0 Å². The first-order valence-corrected chi connectivity index (χ1v) is 11.3. The minimum atomic E-state index is 0. The van der Waals surface area contributed by atoms with Gasteiger partial charge in [0, 0.05) is 30.6 Å². The number of rotatable bonds is 0. The Morgan fingerprint density at radius 2 is 0.971 bits per heavy atom. The Bertz CT molecular complexity index is 1660. The summed E-state index contributed by atoms with van der Waals surface area (Å²) in [6, 6.07) is 42.8. The van der Waals surface area contributed by atoms with Crippen LogP contribution in [0.5, 0.6) is 0 Å². The van der Waals surface area contributed by atoms with Crippen molar-refractivity contribution in [1.29, 1.82) is 0 Å². The van der Waals surface area contributed by atoms with Crippen LogP contribution in [0.3, 0.4) is 0 Å². The fourth-order valence-electron chi connectivity index (χ4n) is 4.36. The summed E-state index contributed by atoms with van der Waals surface area (Å²) < 4.78 is 0. The fourth-order valence-corrected chi connectivity index (χ4v) is 4.36. The molecule has 0 nitrogen and oxygen atoms in total. The zero-order valence-electron chi connectivity index (χ0n) is 18.8. The molecule has 0 amide bonds. The monoisotopic (exact) mass is 530 g/mol. The number of hydrogen-bond donors (Lipinski definition) is 0. The van der Waals surface area contributed by atoms with Gasteiger partial charge in [-0.25, -0.2) is 0 Å². The van der Waals surface area contributed by atoms with Gasteiger partial charge in [0.25, 0.3) is 0 Å². The van der Waals surface area contributed by atoms with Gasteiger partial charge >= 0.3 is 0 Å². The van der Waals surface area contributed by atoms with Gasteiger partial charge in [-0.1, -0.05) is 89.9 Å². The molecule has 0 atom stereocenters. The van der Waals surface area contributed by atoms with Gasteiger partial charge in [-0.05, 0) is 63.0 Å². The summed E-state index contributed by atoms with van der Waals surface area (Å²) >= 11 is 0. The zero-order valence-corrected chi connectivity index (χ0v) is 20.4. The molecule has 0 saturated heterocycles. The molecule has 0 heterocycles. The first kappa shape index (κ1) is 22.6. The van der Waals surface area contributed by atoms with Crippen molar-refractivity contribution in [2.24, 2.45) is 0 Å². The van der Waals surface area contributed by atoms with Crippen LogP contribution in [0.2, 0.25) is 0 Å². The van der Waals surface area contributed by atoms with Crippen LogP contribution < -0.4 is 0 Å². The van der Waals surface area contributed by atoms with Crippen molar-refractivity contribution in [2.75, 3.05) is 0 Å². The van der Waals surface area contributed by atoms with Crippen molar-refractivity contribution in [3.8, 4) is 23.7 Å². The maximum absolute atomic E-state index is 3.49. The predicted molar refractivity (Wildman–Crippen MR) is 143 cm³/mol. The van der Waals surface area contributed by atoms with E-state index in [1.54, 1.807) is 0 Å². The van der Waals surface area contributed by atoms with Crippen LogP contribution in [0.15, 0.2) is 115 Å². The van der Waals surface area contributed by atoms with E-state index in [1.807, 2.05) is 72.8 Å². The molecular formula is C34H19Rh-. The molecule has 1 radical (unpaired) electrons. The van der Waals surface area contributed by atoms with Crippen molar-refractivity contribution < 1.29 is 19.5 Å². The molecule has 0 N–H and O–H groups in total. The minimum Gasteiger partial charge on any atom is -0.147 e. The molecule has 0 saturated carbocycles. The zero-order chi connectivity index (χ0) is 22.7. The van der Waals surface area contributed by atoms with Gasteiger partial charge in [-0.2, -0.15) is 0 Å². The third kappa shape index (κ3) is 4.48. The number of fused-ring (bicyclic) bond motifs is 3. The molecule has 6 aromatic rings. The molecule has 0 unspecified atom stereocenters. The van der Waals surface area contributed by atoms with Crippen LogP contribution >= 0.6 is 0 Å². The molecule has 0 aromatic heterocycles. The second kappa shape index (κ2) is 9.99. The van der Waals surface area contributed by atoms with Crippen LogP contribution in [-0.4, -0.2) is 0 Å². The molecule has 6 aromatic carbocycles. The standard InChI is InChI=1S/C34H19.Rh/c1-3-11-25(12-4-1)19-21-31-29-17-9-10-18-30(29)32(22-20-26-13-5-2-6-14-26)34-24-28-16-8-7-15-27(28)23-33(31)34;/h1-17,23-24H;/q-1;. The molecular weight excluding hydrogens is 511 g/mol. The summed E-state index contributed by atoms with van der Waals surface area (Å²) in [4.78, 5) is 0. The second-order valence-electron chi connectivity index (χ2n) is 8.19. The average molecular weight is 530 g/mol. The van der Waals surface area contributed by atoms with E-state index in [0.29, 0.717) is 0 Å². The van der Waals surface area contributed by atoms with E-state index in [9.17, 15) is 0 Å². The smallest absolute Gasteiger partial charge is 0.0248 e. The van der Waals surface area contributed by atoms with Crippen molar-refractivity contribution in [3.05, 3.63) is 144 Å². The molecule has 0 aliphatic carbocycles. The van der Waals surface area contributed by atoms with Crippen molar-refractivity contribution in [3.63, 3.8) is 0 Å². The molecule has 0 aliphatic heterocycles. The van der Waals surface area contributed by atoms with E-state index in [0.717, 1.165) is 43.8 Å². The van der Waals surface area contributed by atoms with Crippen LogP contribution in [0.4, 0.5) is 0 Å². The van der Waals surface area contributed by atoms with Gasteiger partial charge in [-0.15, -0.1) is 35.6 Å². The predicted octanol–water partition coefficient (Wildman–Crippen LogP) is 7.74. The first-order valence-electron chi connectivity index (χ1n) is 11.3.